The van der Waals surface area contributed by atoms with Gasteiger partial charge in [-0.2, -0.15) is 0 Å². The van der Waals surface area contributed by atoms with Gasteiger partial charge in [0.25, 0.3) is 0 Å². The summed E-state index contributed by atoms with van der Waals surface area (Å²) in [5.74, 6) is 0.0574. The van der Waals surface area contributed by atoms with Crippen molar-refractivity contribution in [3.63, 3.8) is 0 Å². The molecule has 1 unspecified atom stereocenters. The summed E-state index contributed by atoms with van der Waals surface area (Å²) in [5.41, 5.74) is 1.34. The van der Waals surface area contributed by atoms with Gasteiger partial charge in [-0.15, -0.1) is 0 Å². The first-order valence-corrected chi connectivity index (χ1v) is 7.17. The highest BCUT2D eigenvalue weighted by Crippen LogP contribution is 2.25. The topological polar surface area (TPSA) is 26.3 Å². The molecule has 0 amide bonds. The number of rotatable bonds is 4. The van der Waals surface area contributed by atoms with Crippen molar-refractivity contribution < 1.29 is 38.0 Å². The minimum absolute atomic E-state index is 0. The third-order valence-corrected chi connectivity index (χ3v) is 3.94. The molecule has 4 heteroatoms. The number of carbonyl (C=O) groups is 1. The maximum atomic E-state index is 11.9. The summed E-state index contributed by atoms with van der Waals surface area (Å²) >= 11 is 0. The van der Waals surface area contributed by atoms with Crippen molar-refractivity contribution in [2.75, 3.05) is 26.7 Å². The lowest BCUT2D eigenvalue weighted by molar-refractivity contribution is -0.929. The Hall–Kier alpha value is -0.620. The molecule has 1 aliphatic rings. The molecule has 0 N–H and O–H groups in total. The van der Waals surface area contributed by atoms with Gasteiger partial charge in [0.1, 0.15) is 12.5 Å². The van der Waals surface area contributed by atoms with Gasteiger partial charge < -0.3 is 33.2 Å². The summed E-state index contributed by atoms with van der Waals surface area (Å²) in [6.07, 6.45) is 2.08. The van der Waals surface area contributed by atoms with Gasteiger partial charge in [-0.25, -0.2) is 0 Å². The largest absolute Gasteiger partial charge is 1.00 e. The molecule has 0 aliphatic carbocycles. The average Bonchev–Trinajstić information content (AvgIpc) is 2.39. The van der Waals surface area contributed by atoms with E-state index in [4.69, 9.17) is 4.74 Å². The summed E-state index contributed by atoms with van der Waals surface area (Å²) in [6.45, 7) is 5.39. The lowest BCUT2D eigenvalue weighted by Gasteiger charge is -2.40. The van der Waals surface area contributed by atoms with Crippen molar-refractivity contribution in [1.82, 2.24) is 0 Å². The van der Waals surface area contributed by atoms with Gasteiger partial charge in [0.2, 0.25) is 0 Å². The lowest BCUT2D eigenvalue weighted by atomic mass is 9.95. The predicted octanol–water partition coefficient (Wildman–Crippen LogP) is -0.390. The SMILES string of the molecule is CCOC(=O)[C@H]1CCC[N+](C)(Cc2ccccc2)C1.[I-]. The van der Waals surface area contributed by atoms with Crippen LogP contribution in [0.3, 0.4) is 0 Å². The number of nitrogens with zero attached hydrogens (tertiary/aromatic N) is 1. The van der Waals surface area contributed by atoms with Crippen LogP contribution in [0.25, 0.3) is 0 Å². The fourth-order valence-corrected chi connectivity index (χ4v) is 3.05. The van der Waals surface area contributed by atoms with Crippen molar-refractivity contribution in [3.8, 4) is 0 Å². The van der Waals surface area contributed by atoms with Crippen molar-refractivity contribution in [2.45, 2.75) is 26.3 Å². The van der Waals surface area contributed by atoms with Crippen LogP contribution in [0, 0.1) is 5.92 Å². The Labute approximate surface area is 138 Å². The van der Waals surface area contributed by atoms with Gasteiger partial charge in [0.05, 0.1) is 26.7 Å². The summed E-state index contributed by atoms with van der Waals surface area (Å²) in [6, 6.07) is 10.5. The molecule has 2 atom stereocenters. The minimum Gasteiger partial charge on any atom is -1.00 e. The third-order valence-electron chi connectivity index (χ3n) is 3.94. The summed E-state index contributed by atoms with van der Waals surface area (Å²) < 4.78 is 6.11. The summed E-state index contributed by atoms with van der Waals surface area (Å²) in [7, 11) is 2.25. The molecule has 2 rings (SSSR count). The quantitative estimate of drug-likeness (QED) is 0.399. The Morgan fingerprint density at radius 2 is 2.05 bits per heavy atom. The van der Waals surface area contributed by atoms with Crippen LogP contribution in [0.15, 0.2) is 30.3 Å². The third kappa shape index (κ3) is 4.74. The zero-order valence-electron chi connectivity index (χ0n) is 12.3. The Balaban J connectivity index is 0.00000200. The fraction of sp³-hybridized carbons (Fsp3) is 0.562. The number of ether oxygens (including phenoxy) is 1. The zero-order valence-corrected chi connectivity index (χ0v) is 14.5. The van der Waals surface area contributed by atoms with Crippen molar-refractivity contribution in [2.24, 2.45) is 5.92 Å². The van der Waals surface area contributed by atoms with Crippen LogP contribution in [0.5, 0.6) is 0 Å². The van der Waals surface area contributed by atoms with Gasteiger partial charge in [-0.05, 0) is 19.8 Å². The molecule has 1 saturated heterocycles. The molecule has 1 aromatic carbocycles. The van der Waals surface area contributed by atoms with Gasteiger partial charge >= 0.3 is 5.97 Å². The smallest absolute Gasteiger partial charge is 0.314 e. The van der Waals surface area contributed by atoms with E-state index in [-0.39, 0.29) is 35.9 Å². The second kappa shape index (κ2) is 7.98. The van der Waals surface area contributed by atoms with Gasteiger partial charge in [0, 0.05) is 5.56 Å². The molecule has 1 heterocycles. The van der Waals surface area contributed by atoms with E-state index in [1.807, 2.05) is 13.0 Å². The number of esters is 1. The van der Waals surface area contributed by atoms with Crippen molar-refractivity contribution in [3.05, 3.63) is 35.9 Å². The molecule has 0 bridgehead atoms. The first-order valence-electron chi connectivity index (χ1n) is 7.17. The van der Waals surface area contributed by atoms with E-state index in [2.05, 4.69) is 31.3 Å². The van der Waals surface area contributed by atoms with Crippen LogP contribution in [0.1, 0.15) is 25.3 Å². The Bertz CT molecular complexity index is 424. The van der Waals surface area contributed by atoms with E-state index >= 15 is 0 Å². The van der Waals surface area contributed by atoms with Gasteiger partial charge in [-0.1, -0.05) is 30.3 Å². The van der Waals surface area contributed by atoms with Crippen LogP contribution in [-0.2, 0) is 16.1 Å². The molecule has 0 spiro atoms. The molecule has 0 saturated carbocycles. The first kappa shape index (κ1) is 17.4. The molecule has 20 heavy (non-hydrogen) atoms. The number of quaternary nitrogens is 1. The number of hydrogen-bond acceptors (Lipinski definition) is 2. The lowest BCUT2D eigenvalue weighted by Crippen LogP contribution is -3.00. The number of likely N-dealkylation sites (tertiary alicyclic amines) is 1. The van der Waals surface area contributed by atoms with Crippen LogP contribution in [-0.4, -0.2) is 37.2 Å². The van der Waals surface area contributed by atoms with Crippen molar-refractivity contribution in [1.29, 1.82) is 0 Å². The molecular weight excluding hydrogens is 365 g/mol. The molecule has 1 aromatic rings. The monoisotopic (exact) mass is 389 g/mol. The Morgan fingerprint density at radius 3 is 2.70 bits per heavy atom. The minimum atomic E-state index is -0.0142. The maximum absolute atomic E-state index is 11.9. The van der Waals surface area contributed by atoms with E-state index < -0.39 is 0 Å². The molecule has 0 radical (unpaired) electrons. The number of halogens is 1. The Kier molecular flexibility index (Phi) is 6.95. The van der Waals surface area contributed by atoms with E-state index in [1.54, 1.807) is 0 Å². The zero-order chi connectivity index (χ0) is 13.7. The molecule has 0 aromatic heterocycles. The highest BCUT2D eigenvalue weighted by atomic mass is 127. The maximum Gasteiger partial charge on any atom is 0.314 e. The standard InChI is InChI=1S/C16H24NO2.HI/c1-3-19-16(18)15-10-7-11-17(2,13-15)12-14-8-5-4-6-9-14;/h4-6,8-9,15H,3,7,10-13H2,1-2H3;1H/q+1;/p-1/t15-,17?;/m0./s1. The second-order valence-electron chi connectivity index (χ2n) is 5.76. The molecule has 3 nitrogen and oxygen atoms in total. The Morgan fingerprint density at radius 1 is 1.35 bits per heavy atom. The number of piperidine rings is 1. The molecule has 112 valence electrons. The van der Waals surface area contributed by atoms with Crippen LogP contribution in [0.2, 0.25) is 0 Å². The fourth-order valence-electron chi connectivity index (χ4n) is 3.05. The van der Waals surface area contributed by atoms with E-state index in [1.165, 1.54) is 5.56 Å². The first-order chi connectivity index (χ1) is 9.13. The number of benzene rings is 1. The predicted molar refractivity (Wildman–Crippen MR) is 75.4 cm³/mol. The number of hydrogen-bond donors (Lipinski definition) is 0. The molecular formula is C16H24INO2. The van der Waals surface area contributed by atoms with Gasteiger partial charge in [0.15, 0.2) is 0 Å². The van der Waals surface area contributed by atoms with Gasteiger partial charge in [-0.3, -0.25) is 4.79 Å². The second-order valence-corrected chi connectivity index (χ2v) is 5.76. The average molecular weight is 389 g/mol. The summed E-state index contributed by atoms with van der Waals surface area (Å²) in [4.78, 5) is 11.9. The van der Waals surface area contributed by atoms with E-state index in [0.29, 0.717) is 6.61 Å². The normalized spacial score (nSPS) is 25.6. The van der Waals surface area contributed by atoms with Crippen LogP contribution >= 0.6 is 0 Å². The highest BCUT2D eigenvalue weighted by Gasteiger charge is 2.35. The van der Waals surface area contributed by atoms with Crippen LogP contribution in [0.4, 0.5) is 0 Å². The molecule has 1 fully saturated rings. The molecule has 1 aliphatic heterocycles. The van der Waals surface area contributed by atoms with Crippen LogP contribution < -0.4 is 24.0 Å². The van der Waals surface area contributed by atoms with E-state index in [0.717, 1.165) is 37.0 Å². The summed E-state index contributed by atoms with van der Waals surface area (Å²) in [5, 5.41) is 0. The highest BCUT2D eigenvalue weighted by molar-refractivity contribution is 5.72. The van der Waals surface area contributed by atoms with Crippen molar-refractivity contribution >= 4 is 5.97 Å². The number of carbonyl (C=O) groups excluding carboxylic acids is 1. The van der Waals surface area contributed by atoms with E-state index in [9.17, 15) is 4.79 Å².